The van der Waals surface area contributed by atoms with Gasteiger partial charge in [-0.3, -0.25) is 9.59 Å². The summed E-state index contributed by atoms with van der Waals surface area (Å²) in [5.41, 5.74) is 7.17. The van der Waals surface area contributed by atoms with Gasteiger partial charge in [-0.15, -0.1) is 11.3 Å². The lowest BCUT2D eigenvalue weighted by Gasteiger charge is -2.02. The van der Waals surface area contributed by atoms with Crippen molar-refractivity contribution in [3.63, 3.8) is 0 Å². The van der Waals surface area contributed by atoms with Gasteiger partial charge in [0.25, 0.3) is 11.8 Å². The normalized spacial score (nSPS) is 10.8. The molecule has 4 rings (SSSR count). The molecule has 0 radical (unpaired) electrons. The molecule has 0 atom stereocenters. The number of amides is 2. The molecule has 140 valence electrons. The van der Waals surface area contributed by atoms with Crippen molar-refractivity contribution in [3.05, 3.63) is 72.0 Å². The first-order chi connectivity index (χ1) is 13.6. The number of ether oxygens (including phenoxy) is 1. The van der Waals surface area contributed by atoms with E-state index in [2.05, 4.69) is 5.32 Å². The highest BCUT2D eigenvalue weighted by molar-refractivity contribution is 7.20. The lowest BCUT2D eigenvalue weighted by atomic mass is 10.1. The van der Waals surface area contributed by atoms with Crippen molar-refractivity contribution in [1.29, 1.82) is 0 Å². The van der Waals surface area contributed by atoms with Gasteiger partial charge >= 0.3 is 0 Å². The number of rotatable bonds is 5. The van der Waals surface area contributed by atoms with E-state index in [-0.39, 0.29) is 11.3 Å². The highest BCUT2D eigenvalue weighted by Gasteiger charge is 2.20. The molecule has 6 nitrogen and oxygen atoms in total. The summed E-state index contributed by atoms with van der Waals surface area (Å²) in [6, 6.07) is 18.3. The molecular weight excluding hydrogens is 376 g/mol. The Morgan fingerprint density at radius 3 is 2.57 bits per heavy atom. The molecule has 0 bridgehead atoms. The van der Waals surface area contributed by atoms with Crippen molar-refractivity contribution in [2.75, 3.05) is 12.4 Å². The fourth-order valence-corrected chi connectivity index (χ4v) is 3.95. The van der Waals surface area contributed by atoms with E-state index in [9.17, 15) is 9.59 Å². The van der Waals surface area contributed by atoms with Gasteiger partial charge in [0.2, 0.25) is 0 Å². The number of carbonyl (C=O) groups is 2. The first kappa shape index (κ1) is 17.8. The molecule has 2 aromatic carbocycles. The van der Waals surface area contributed by atoms with E-state index in [4.69, 9.17) is 14.9 Å². The molecule has 0 aliphatic carbocycles. The number of anilines is 1. The van der Waals surface area contributed by atoms with Crippen molar-refractivity contribution in [1.82, 2.24) is 0 Å². The molecule has 3 N–H and O–H groups in total. The van der Waals surface area contributed by atoms with Crippen LogP contribution in [0.4, 0.5) is 5.00 Å². The molecule has 7 heteroatoms. The van der Waals surface area contributed by atoms with Crippen LogP contribution in [0.5, 0.6) is 5.75 Å². The maximum atomic E-state index is 12.7. The average molecular weight is 392 g/mol. The number of benzene rings is 2. The van der Waals surface area contributed by atoms with Crippen LogP contribution in [0.15, 0.2) is 65.1 Å². The Kier molecular flexibility index (Phi) is 4.58. The van der Waals surface area contributed by atoms with Crippen molar-refractivity contribution in [2.24, 2.45) is 5.73 Å². The number of para-hydroxylation sites is 1. The van der Waals surface area contributed by atoms with Crippen LogP contribution < -0.4 is 15.8 Å². The third kappa shape index (κ3) is 3.23. The maximum Gasteiger partial charge on any atom is 0.292 e. The predicted molar refractivity (Wildman–Crippen MR) is 109 cm³/mol. The molecule has 2 heterocycles. The Hall–Kier alpha value is -3.58. The highest BCUT2D eigenvalue weighted by Crippen LogP contribution is 2.36. The van der Waals surface area contributed by atoms with E-state index in [1.54, 1.807) is 18.2 Å². The number of nitrogens with two attached hydrogens (primary N) is 1. The minimum atomic E-state index is -0.611. The fraction of sp³-hybridized carbons (Fsp3) is 0.0476. The summed E-state index contributed by atoms with van der Waals surface area (Å²) in [5, 5.41) is 3.87. The molecule has 4 aromatic rings. The van der Waals surface area contributed by atoms with Crippen LogP contribution in [0.2, 0.25) is 0 Å². The number of nitrogens with one attached hydrogen (secondary N) is 1. The zero-order valence-electron chi connectivity index (χ0n) is 14.9. The largest absolute Gasteiger partial charge is 0.493 e. The van der Waals surface area contributed by atoms with Gasteiger partial charge in [0.1, 0.15) is 5.00 Å². The number of fused-ring (bicyclic) bond motifs is 1. The van der Waals surface area contributed by atoms with Crippen molar-refractivity contribution >= 4 is 39.1 Å². The molecule has 0 spiro atoms. The molecular formula is C21H16N2O4S. The molecule has 0 aliphatic heterocycles. The summed E-state index contributed by atoms with van der Waals surface area (Å²) < 4.78 is 10.9. The summed E-state index contributed by atoms with van der Waals surface area (Å²) in [6.45, 7) is 0. The first-order valence-corrected chi connectivity index (χ1v) is 9.25. The zero-order valence-corrected chi connectivity index (χ0v) is 15.7. The number of furan rings is 1. The van der Waals surface area contributed by atoms with E-state index < -0.39 is 11.8 Å². The van der Waals surface area contributed by atoms with Gasteiger partial charge in [-0.2, -0.15) is 0 Å². The molecule has 0 saturated heterocycles. The van der Waals surface area contributed by atoms with Gasteiger partial charge in [-0.1, -0.05) is 42.5 Å². The molecule has 28 heavy (non-hydrogen) atoms. The minimum Gasteiger partial charge on any atom is -0.493 e. The van der Waals surface area contributed by atoms with E-state index in [0.717, 1.165) is 15.8 Å². The predicted octanol–water partition coefficient (Wildman–Crippen LogP) is 4.52. The van der Waals surface area contributed by atoms with Gasteiger partial charge in [0.15, 0.2) is 17.1 Å². The molecule has 2 amide bonds. The second-order valence-corrected chi connectivity index (χ2v) is 7.08. The number of thiophene rings is 1. The van der Waals surface area contributed by atoms with Gasteiger partial charge in [-0.05, 0) is 23.8 Å². The SMILES string of the molecule is COc1cccc2cc(C(=O)Nc3sc(-c4ccccc4)cc3C(N)=O)oc12. The first-order valence-electron chi connectivity index (χ1n) is 8.44. The van der Waals surface area contributed by atoms with Gasteiger partial charge < -0.3 is 20.2 Å². The molecule has 0 fully saturated rings. The van der Waals surface area contributed by atoms with E-state index in [1.807, 2.05) is 42.5 Å². The van der Waals surface area contributed by atoms with Crippen LogP contribution in [0.3, 0.4) is 0 Å². The maximum absolute atomic E-state index is 12.7. The minimum absolute atomic E-state index is 0.115. The molecule has 2 aromatic heterocycles. The third-order valence-corrected chi connectivity index (χ3v) is 5.33. The second-order valence-electron chi connectivity index (χ2n) is 6.03. The number of hydrogen-bond donors (Lipinski definition) is 2. The van der Waals surface area contributed by atoms with Crippen LogP contribution in [-0.4, -0.2) is 18.9 Å². The fourth-order valence-electron chi connectivity index (χ4n) is 2.89. The number of carbonyl (C=O) groups excluding carboxylic acids is 2. The van der Waals surface area contributed by atoms with Crippen molar-refractivity contribution in [3.8, 4) is 16.2 Å². The van der Waals surface area contributed by atoms with Crippen molar-refractivity contribution < 1.29 is 18.7 Å². The summed E-state index contributed by atoms with van der Waals surface area (Å²) >= 11 is 1.28. The van der Waals surface area contributed by atoms with Gasteiger partial charge in [-0.25, -0.2) is 0 Å². The Balaban J connectivity index is 1.68. The Morgan fingerprint density at radius 1 is 1.07 bits per heavy atom. The summed E-state index contributed by atoms with van der Waals surface area (Å²) in [4.78, 5) is 25.4. The van der Waals surface area contributed by atoms with E-state index in [1.165, 1.54) is 18.4 Å². The number of primary amides is 1. The highest BCUT2D eigenvalue weighted by atomic mass is 32.1. The van der Waals surface area contributed by atoms with Crippen molar-refractivity contribution in [2.45, 2.75) is 0 Å². The topological polar surface area (TPSA) is 94.6 Å². The van der Waals surface area contributed by atoms with Crippen LogP contribution in [0.25, 0.3) is 21.4 Å². The van der Waals surface area contributed by atoms with E-state index in [0.29, 0.717) is 16.3 Å². The van der Waals surface area contributed by atoms with Gasteiger partial charge in [0, 0.05) is 10.3 Å². The summed E-state index contributed by atoms with van der Waals surface area (Å²) in [5.74, 6) is -0.427. The summed E-state index contributed by atoms with van der Waals surface area (Å²) in [7, 11) is 1.53. The molecule has 0 aliphatic rings. The zero-order chi connectivity index (χ0) is 19.7. The Bertz CT molecular complexity index is 1180. The monoisotopic (exact) mass is 392 g/mol. The molecule has 0 unspecified atom stereocenters. The third-order valence-electron chi connectivity index (χ3n) is 4.23. The van der Waals surface area contributed by atoms with Crippen LogP contribution in [0.1, 0.15) is 20.9 Å². The smallest absolute Gasteiger partial charge is 0.292 e. The Morgan fingerprint density at radius 2 is 1.86 bits per heavy atom. The molecule has 0 saturated carbocycles. The standard InChI is InChI=1S/C21H16N2O4S/c1-26-15-9-5-8-13-10-16(27-18(13)15)20(25)23-21-14(19(22)24)11-17(28-21)12-6-3-2-4-7-12/h2-11H,1H3,(H2,22,24)(H,23,25). The Labute approximate surface area is 164 Å². The van der Waals surface area contributed by atoms with Crippen LogP contribution >= 0.6 is 11.3 Å². The number of hydrogen-bond acceptors (Lipinski definition) is 5. The lowest BCUT2D eigenvalue weighted by molar-refractivity contribution is 0.0999. The summed E-state index contributed by atoms with van der Waals surface area (Å²) in [6.07, 6.45) is 0. The average Bonchev–Trinajstić information content (AvgIpc) is 3.33. The quantitative estimate of drug-likeness (QED) is 0.522. The lowest BCUT2D eigenvalue weighted by Crippen LogP contribution is -2.16. The number of methoxy groups -OCH3 is 1. The van der Waals surface area contributed by atoms with Crippen LogP contribution in [0, 0.1) is 0 Å². The van der Waals surface area contributed by atoms with Crippen LogP contribution in [-0.2, 0) is 0 Å². The van der Waals surface area contributed by atoms with Gasteiger partial charge in [0.05, 0.1) is 12.7 Å². The van der Waals surface area contributed by atoms with E-state index >= 15 is 0 Å². The second kappa shape index (κ2) is 7.21.